The quantitative estimate of drug-likeness (QED) is 0.895. The number of carbonyl (C=O) groups is 1. The molecule has 20 heavy (non-hydrogen) atoms. The van der Waals surface area contributed by atoms with Gasteiger partial charge in [0.05, 0.1) is 26.5 Å². The van der Waals surface area contributed by atoms with E-state index in [2.05, 4.69) is 10.4 Å². The minimum atomic E-state index is -0.191. The summed E-state index contributed by atoms with van der Waals surface area (Å²) in [6.07, 6.45) is 1.69. The van der Waals surface area contributed by atoms with Crippen molar-refractivity contribution in [1.82, 2.24) is 15.1 Å². The van der Waals surface area contributed by atoms with Crippen molar-refractivity contribution in [3.8, 4) is 11.5 Å². The number of hydrogen-bond donors (Lipinski definition) is 1. The number of rotatable bonds is 5. The van der Waals surface area contributed by atoms with Gasteiger partial charge in [0.25, 0.3) is 5.91 Å². The zero-order chi connectivity index (χ0) is 14.5. The van der Waals surface area contributed by atoms with Crippen molar-refractivity contribution in [2.24, 2.45) is 7.05 Å². The number of ether oxygens (including phenoxy) is 2. The third-order valence-electron chi connectivity index (χ3n) is 2.97. The zero-order valence-electron chi connectivity index (χ0n) is 11.7. The van der Waals surface area contributed by atoms with Crippen molar-refractivity contribution in [1.29, 1.82) is 0 Å². The van der Waals surface area contributed by atoms with Crippen molar-refractivity contribution >= 4 is 5.91 Å². The number of benzene rings is 1. The molecule has 106 valence electrons. The Balaban J connectivity index is 2.10. The molecule has 0 fully saturated rings. The van der Waals surface area contributed by atoms with E-state index >= 15 is 0 Å². The first-order chi connectivity index (χ1) is 9.63. The second-order valence-corrected chi connectivity index (χ2v) is 4.23. The average Bonchev–Trinajstić information content (AvgIpc) is 2.89. The van der Waals surface area contributed by atoms with Gasteiger partial charge in [-0.15, -0.1) is 0 Å². The number of hydrogen-bond acceptors (Lipinski definition) is 4. The number of nitrogens with one attached hydrogen (secondary N) is 1. The summed E-state index contributed by atoms with van der Waals surface area (Å²) in [5.74, 6) is 0.966. The van der Waals surface area contributed by atoms with Crippen LogP contribution in [-0.2, 0) is 13.6 Å². The second-order valence-electron chi connectivity index (χ2n) is 4.23. The first-order valence-corrected chi connectivity index (χ1v) is 6.12. The molecule has 1 N–H and O–H groups in total. The monoisotopic (exact) mass is 275 g/mol. The molecule has 1 aromatic carbocycles. The molecule has 0 aliphatic carbocycles. The Morgan fingerprint density at radius 3 is 2.40 bits per heavy atom. The van der Waals surface area contributed by atoms with E-state index in [1.165, 1.54) is 0 Å². The summed E-state index contributed by atoms with van der Waals surface area (Å²) in [4.78, 5) is 12.1. The van der Waals surface area contributed by atoms with Crippen molar-refractivity contribution in [3.63, 3.8) is 0 Å². The number of amides is 1. The maximum atomic E-state index is 12.1. The van der Waals surface area contributed by atoms with Crippen LogP contribution < -0.4 is 14.8 Å². The SMILES string of the molecule is COc1cc(OC)cc(C(=O)NCc2ccnn2C)c1. The summed E-state index contributed by atoms with van der Waals surface area (Å²) < 4.78 is 12.0. The molecule has 1 heterocycles. The molecular weight excluding hydrogens is 258 g/mol. The van der Waals surface area contributed by atoms with Gasteiger partial charge < -0.3 is 14.8 Å². The molecule has 0 atom stereocenters. The first kappa shape index (κ1) is 13.9. The molecule has 1 aromatic heterocycles. The van der Waals surface area contributed by atoms with Crippen molar-refractivity contribution in [2.75, 3.05) is 14.2 Å². The highest BCUT2D eigenvalue weighted by atomic mass is 16.5. The summed E-state index contributed by atoms with van der Waals surface area (Å²) in [6.45, 7) is 0.412. The summed E-state index contributed by atoms with van der Waals surface area (Å²) in [5.41, 5.74) is 1.41. The van der Waals surface area contributed by atoms with Gasteiger partial charge in [0, 0.05) is 24.9 Å². The highest BCUT2D eigenvalue weighted by Crippen LogP contribution is 2.22. The summed E-state index contributed by atoms with van der Waals surface area (Å²) in [7, 11) is 4.92. The van der Waals surface area contributed by atoms with E-state index in [-0.39, 0.29) is 5.91 Å². The van der Waals surface area contributed by atoms with Gasteiger partial charge in [-0.3, -0.25) is 9.48 Å². The summed E-state index contributed by atoms with van der Waals surface area (Å²) in [5, 5.41) is 6.88. The molecule has 0 unspecified atom stereocenters. The molecule has 6 heteroatoms. The molecule has 2 rings (SSSR count). The van der Waals surface area contributed by atoms with Gasteiger partial charge in [-0.2, -0.15) is 5.10 Å². The molecular formula is C14H17N3O3. The lowest BCUT2D eigenvalue weighted by molar-refractivity contribution is 0.0949. The smallest absolute Gasteiger partial charge is 0.251 e. The van der Waals surface area contributed by atoms with Gasteiger partial charge in [-0.25, -0.2) is 0 Å². The predicted molar refractivity (Wildman–Crippen MR) is 73.9 cm³/mol. The van der Waals surface area contributed by atoms with Crippen LogP contribution in [0.3, 0.4) is 0 Å². The Bertz CT molecular complexity index is 585. The predicted octanol–water partition coefficient (Wildman–Crippen LogP) is 1.37. The van der Waals surface area contributed by atoms with E-state index in [9.17, 15) is 4.79 Å². The number of methoxy groups -OCH3 is 2. The summed E-state index contributed by atoms with van der Waals surface area (Å²) in [6, 6.07) is 6.91. The molecule has 0 radical (unpaired) electrons. The Kier molecular flexibility index (Phi) is 4.24. The maximum Gasteiger partial charge on any atom is 0.251 e. The fourth-order valence-electron chi connectivity index (χ4n) is 1.79. The second kappa shape index (κ2) is 6.10. The van der Waals surface area contributed by atoms with Gasteiger partial charge in [0.2, 0.25) is 0 Å². The van der Waals surface area contributed by atoms with E-state index in [1.54, 1.807) is 43.3 Å². The third-order valence-corrected chi connectivity index (χ3v) is 2.97. The Morgan fingerprint density at radius 2 is 1.90 bits per heavy atom. The van der Waals surface area contributed by atoms with Crippen molar-refractivity contribution < 1.29 is 14.3 Å². The largest absolute Gasteiger partial charge is 0.497 e. The van der Waals surface area contributed by atoms with Gasteiger partial charge in [0.1, 0.15) is 11.5 Å². The molecule has 0 bridgehead atoms. The van der Waals surface area contributed by atoms with Crippen LogP contribution in [0.5, 0.6) is 11.5 Å². The Morgan fingerprint density at radius 1 is 1.25 bits per heavy atom. The van der Waals surface area contributed by atoms with E-state index in [1.807, 2.05) is 13.1 Å². The lowest BCUT2D eigenvalue weighted by Gasteiger charge is -2.09. The maximum absolute atomic E-state index is 12.1. The molecule has 0 spiro atoms. The van der Waals surface area contributed by atoms with Crippen LogP contribution in [0.25, 0.3) is 0 Å². The number of aryl methyl sites for hydroxylation is 1. The number of nitrogens with zero attached hydrogens (tertiary/aromatic N) is 2. The summed E-state index contributed by atoms with van der Waals surface area (Å²) >= 11 is 0. The van der Waals surface area contributed by atoms with E-state index in [0.29, 0.717) is 23.6 Å². The molecule has 0 saturated heterocycles. The van der Waals surface area contributed by atoms with Crippen LogP contribution in [0.1, 0.15) is 16.1 Å². The number of carbonyl (C=O) groups excluding carboxylic acids is 1. The topological polar surface area (TPSA) is 65.4 Å². The normalized spacial score (nSPS) is 10.2. The molecule has 2 aromatic rings. The lowest BCUT2D eigenvalue weighted by Crippen LogP contribution is -2.24. The van der Waals surface area contributed by atoms with Crippen LogP contribution in [0, 0.1) is 0 Å². The minimum Gasteiger partial charge on any atom is -0.497 e. The van der Waals surface area contributed by atoms with E-state index < -0.39 is 0 Å². The van der Waals surface area contributed by atoms with Crippen LogP contribution >= 0.6 is 0 Å². The third kappa shape index (κ3) is 3.09. The zero-order valence-corrected chi connectivity index (χ0v) is 11.7. The van der Waals surface area contributed by atoms with Gasteiger partial charge in [-0.05, 0) is 18.2 Å². The fourth-order valence-corrected chi connectivity index (χ4v) is 1.79. The van der Waals surface area contributed by atoms with E-state index in [4.69, 9.17) is 9.47 Å². The molecule has 1 amide bonds. The Hall–Kier alpha value is -2.50. The van der Waals surface area contributed by atoms with Crippen LogP contribution in [0.15, 0.2) is 30.5 Å². The number of aromatic nitrogens is 2. The minimum absolute atomic E-state index is 0.191. The highest BCUT2D eigenvalue weighted by Gasteiger charge is 2.10. The molecule has 0 aliphatic heterocycles. The van der Waals surface area contributed by atoms with Gasteiger partial charge in [-0.1, -0.05) is 0 Å². The van der Waals surface area contributed by atoms with Crippen molar-refractivity contribution in [2.45, 2.75) is 6.54 Å². The van der Waals surface area contributed by atoms with Gasteiger partial charge >= 0.3 is 0 Å². The highest BCUT2D eigenvalue weighted by molar-refractivity contribution is 5.95. The Labute approximate surface area is 117 Å². The molecule has 6 nitrogen and oxygen atoms in total. The van der Waals surface area contributed by atoms with Crippen LogP contribution in [-0.4, -0.2) is 29.9 Å². The molecule has 0 aliphatic rings. The standard InChI is InChI=1S/C14H17N3O3/c1-17-11(4-5-16-17)9-15-14(18)10-6-12(19-2)8-13(7-10)20-3/h4-8H,9H2,1-3H3,(H,15,18). The lowest BCUT2D eigenvalue weighted by atomic mass is 10.2. The van der Waals surface area contributed by atoms with Crippen LogP contribution in [0.2, 0.25) is 0 Å². The van der Waals surface area contributed by atoms with E-state index in [0.717, 1.165) is 5.69 Å². The van der Waals surface area contributed by atoms with Crippen LogP contribution in [0.4, 0.5) is 0 Å². The van der Waals surface area contributed by atoms with Crippen molar-refractivity contribution in [3.05, 3.63) is 41.7 Å². The fraction of sp³-hybridized carbons (Fsp3) is 0.286. The van der Waals surface area contributed by atoms with Gasteiger partial charge in [0.15, 0.2) is 0 Å². The molecule has 0 saturated carbocycles. The average molecular weight is 275 g/mol. The first-order valence-electron chi connectivity index (χ1n) is 6.12.